The second-order valence-corrected chi connectivity index (χ2v) is 9.09. The number of carboxylic acids is 1. The van der Waals surface area contributed by atoms with Crippen LogP contribution in [0.1, 0.15) is 43.2 Å². The molecule has 0 radical (unpaired) electrons. The molecule has 5 nitrogen and oxygen atoms in total. The van der Waals surface area contributed by atoms with Gasteiger partial charge in [0.05, 0.1) is 23.8 Å². The summed E-state index contributed by atoms with van der Waals surface area (Å²) in [5.41, 5.74) is 1.21. The molecule has 0 spiro atoms. The van der Waals surface area contributed by atoms with Gasteiger partial charge >= 0.3 is 5.97 Å². The van der Waals surface area contributed by atoms with Crippen molar-refractivity contribution in [2.75, 3.05) is 18.0 Å². The molecule has 1 aromatic carbocycles. The number of halogens is 2. The molecular formula is C23H27ClFN3O2. The van der Waals surface area contributed by atoms with Crippen molar-refractivity contribution >= 4 is 23.5 Å². The molecule has 0 unspecified atom stereocenters. The molecule has 2 heterocycles. The van der Waals surface area contributed by atoms with E-state index in [0.29, 0.717) is 5.02 Å². The zero-order valence-corrected chi connectivity index (χ0v) is 17.7. The molecule has 4 rings (SSSR count). The van der Waals surface area contributed by atoms with Crippen LogP contribution in [0.4, 0.5) is 10.3 Å². The highest BCUT2D eigenvalue weighted by Crippen LogP contribution is 2.44. The normalized spacial score (nSPS) is 22.0. The summed E-state index contributed by atoms with van der Waals surface area (Å²) >= 11 is 5.87. The largest absolute Gasteiger partial charge is 0.481 e. The summed E-state index contributed by atoms with van der Waals surface area (Å²) in [6, 6.07) is 4.98. The Kier molecular flexibility index (Phi) is 6.52. The van der Waals surface area contributed by atoms with Gasteiger partial charge in [0.25, 0.3) is 0 Å². The Morgan fingerprint density at radius 2 is 1.87 bits per heavy atom. The molecule has 0 amide bonds. The minimum Gasteiger partial charge on any atom is -0.481 e. The third-order valence-corrected chi connectivity index (χ3v) is 6.86. The number of piperidine rings is 1. The van der Waals surface area contributed by atoms with E-state index < -0.39 is 11.8 Å². The van der Waals surface area contributed by atoms with Crippen LogP contribution in [-0.4, -0.2) is 34.1 Å². The summed E-state index contributed by atoms with van der Waals surface area (Å²) in [5, 5.41) is 9.37. The monoisotopic (exact) mass is 431 g/mol. The van der Waals surface area contributed by atoms with Gasteiger partial charge in [-0.2, -0.15) is 0 Å². The number of nitrogens with zero attached hydrogens (tertiary/aromatic N) is 3. The van der Waals surface area contributed by atoms with Crippen LogP contribution in [0.15, 0.2) is 30.6 Å². The average molecular weight is 432 g/mol. The standard InChI is InChI=1S/C23H27ClFN3O2/c24-20-13-26-23(27-14-20)28-7-5-17(6-8-28)19-9-16(10-19)2-1-15-3-4-18(12-22(29)30)21(25)11-15/h3-4,11,13-14,16-17,19H,1-2,5-10,12H2,(H,29,30). The lowest BCUT2D eigenvalue weighted by molar-refractivity contribution is -0.136. The number of aromatic nitrogens is 2. The molecule has 1 N–H and O–H groups in total. The van der Waals surface area contributed by atoms with E-state index in [1.54, 1.807) is 18.5 Å². The van der Waals surface area contributed by atoms with Crippen molar-refractivity contribution in [2.45, 2.75) is 44.9 Å². The molecule has 0 bridgehead atoms. The topological polar surface area (TPSA) is 66.3 Å². The minimum atomic E-state index is -1.01. The van der Waals surface area contributed by atoms with Crippen LogP contribution in [0.3, 0.4) is 0 Å². The van der Waals surface area contributed by atoms with Gasteiger partial charge in [0.15, 0.2) is 0 Å². The van der Waals surface area contributed by atoms with E-state index in [9.17, 15) is 9.18 Å². The predicted molar refractivity (Wildman–Crippen MR) is 114 cm³/mol. The zero-order chi connectivity index (χ0) is 21.1. The first kappa shape index (κ1) is 21.0. The molecular weight excluding hydrogens is 405 g/mol. The van der Waals surface area contributed by atoms with E-state index in [2.05, 4.69) is 14.9 Å². The van der Waals surface area contributed by atoms with Gasteiger partial charge in [-0.3, -0.25) is 4.79 Å². The van der Waals surface area contributed by atoms with E-state index in [1.165, 1.54) is 31.7 Å². The number of rotatable bonds is 7. The van der Waals surface area contributed by atoms with Gasteiger partial charge < -0.3 is 10.0 Å². The lowest BCUT2D eigenvalue weighted by Crippen LogP contribution is -2.40. The molecule has 7 heteroatoms. The molecule has 2 fully saturated rings. The van der Waals surface area contributed by atoms with Crippen molar-refractivity contribution in [1.29, 1.82) is 0 Å². The van der Waals surface area contributed by atoms with Gasteiger partial charge in [-0.1, -0.05) is 23.7 Å². The quantitative estimate of drug-likeness (QED) is 0.683. The van der Waals surface area contributed by atoms with Crippen molar-refractivity contribution in [3.05, 3.63) is 52.6 Å². The highest BCUT2D eigenvalue weighted by Gasteiger charge is 2.36. The number of carboxylic acid groups (broad SMARTS) is 1. The number of aryl methyl sites for hydroxylation is 1. The Morgan fingerprint density at radius 1 is 1.17 bits per heavy atom. The number of carbonyl (C=O) groups is 1. The molecule has 2 aliphatic rings. The summed E-state index contributed by atoms with van der Waals surface area (Å²) in [6.07, 6.45) is 9.86. The smallest absolute Gasteiger partial charge is 0.307 e. The molecule has 0 atom stereocenters. The maximum atomic E-state index is 14.0. The van der Waals surface area contributed by atoms with Crippen molar-refractivity contribution in [2.24, 2.45) is 17.8 Å². The first-order valence-corrected chi connectivity index (χ1v) is 11.1. The Morgan fingerprint density at radius 3 is 2.50 bits per heavy atom. The molecule has 160 valence electrons. The van der Waals surface area contributed by atoms with Crippen LogP contribution in [0.5, 0.6) is 0 Å². The maximum Gasteiger partial charge on any atom is 0.307 e. The lowest BCUT2D eigenvalue weighted by Gasteiger charge is -2.44. The highest BCUT2D eigenvalue weighted by molar-refractivity contribution is 6.30. The lowest BCUT2D eigenvalue weighted by atomic mass is 9.64. The van der Waals surface area contributed by atoms with Crippen LogP contribution in [0.2, 0.25) is 5.02 Å². The number of hydrogen-bond acceptors (Lipinski definition) is 4. The minimum absolute atomic E-state index is 0.255. The number of anilines is 1. The van der Waals surface area contributed by atoms with Crippen LogP contribution >= 0.6 is 11.6 Å². The highest BCUT2D eigenvalue weighted by atomic mass is 35.5. The van der Waals surface area contributed by atoms with Crippen molar-refractivity contribution in [1.82, 2.24) is 9.97 Å². The fourth-order valence-corrected chi connectivity index (χ4v) is 4.97. The van der Waals surface area contributed by atoms with Crippen molar-refractivity contribution in [3.8, 4) is 0 Å². The molecule has 1 aromatic heterocycles. The summed E-state index contributed by atoms with van der Waals surface area (Å²) in [5.74, 6) is 1.65. The first-order chi connectivity index (χ1) is 14.5. The SMILES string of the molecule is O=C(O)Cc1ccc(CCC2CC(C3CCN(c4ncc(Cl)cn4)CC3)C2)cc1F. The molecule has 30 heavy (non-hydrogen) atoms. The second kappa shape index (κ2) is 9.29. The molecule has 1 saturated carbocycles. The van der Waals surface area contributed by atoms with Gasteiger partial charge in [-0.05, 0) is 73.5 Å². The van der Waals surface area contributed by atoms with Gasteiger partial charge in [-0.25, -0.2) is 14.4 Å². The fraction of sp³-hybridized carbons (Fsp3) is 0.522. The Balaban J connectivity index is 1.18. The third-order valence-electron chi connectivity index (χ3n) is 6.67. The van der Waals surface area contributed by atoms with E-state index >= 15 is 0 Å². The van der Waals surface area contributed by atoms with Crippen LogP contribution in [0.25, 0.3) is 0 Å². The van der Waals surface area contributed by atoms with Crippen molar-refractivity contribution < 1.29 is 14.3 Å². The number of aliphatic carboxylic acids is 1. The van der Waals surface area contributed by atoms with E-state index in [0.717, 1.165) is 55.2 Å². The molecule has 1 saturated heterocycles. The van der Waals surface area contributed by atoms with Gasteiger partial charge in [0.1, 0.15) is 5.82 Å². The summed E-state index contributed by atoms with van der Waals surface area (Å²) in [4.78, 5) is 21.6. The number of hydrogen-bond donors (Lipinski definition) is 1. The average Bonchev–Trinajstić information content (AvgIpc) is 2.69. The Bertz CT molecular complexity index is 879. The molecule has 1 aliphatic carbocycles. The van der Waals surface area contributed by atoms with Crippen LogP contribution in [-0.2, 0) is 17.6 Å². The third kappa shape index (κ3) is 5.09. The predicted octanol–water partition coefficient (Wildman–Crippen LogP) is 4.77. The second-order valence-electron chi connectivity index (χ2n) is 8.66. The number of benzene rings is 1. The molecule has 1 aliphatic heterocycles. The summed E-state index contributed by atoms with van der Waals surface area (Å²) < 4.78 is 14.0. The van der Waals surface area contributed by atoms with Gasteiger partial charge in [-0.15, -0.1) is 0 Å². The Hall–Kier alpha value is -2.21. The Labute approximate surface area is 181 Å². The van der Waals surface area contributed by atoms with Gasteiger partial charge in [0.2, 0.25) is 5.95 Å². The van der Waals surface area contributed by atoms with E-state index in [4.69, 9.17) is 16.7 Å². The van der Waals surface area contributed by atoms with E-state index in [-0.39, 0.29) is 12.0 Å². The van der Waals surface area contributed by atoms with Crippen molar-refractivity contribution in [3.63, 3.8) is 0 Å². The summed E-state index contributed by atoms with van der Waals surface area (Å²) in [7, 11) is 0. The fourth-order valence-electron chi connectivity index (χ4n) is 4.87. The van der Waals surface area contributed by atoms with Crippen LogP contribution < -0.4 is 4.90 Å². The molecule has 2 aromatic rings. The van der Waals surface area contributed by atoms with E-state index in [1.807, 2.05) is 6.07 Å². The maximum absolute atomic E-state index is 14.0. The van der Waals surface area contributed by atoms with Gasteiger partial charge in [0, 0.05) is 13.1 Å². The zero-order valence-electron chi connectivity index (χ0n) is 16.9. The van der Waals surface area contributed by atoms with Crippen LogP contribution in [0, 0.1) is 23.6 Å². The summed E-state index contributed by atoms with van der Waals surface area (Å²) in [6.45, 7) is 1.99. The first-order valence-electron chi connectivity index (χ1n) is 10.7.